The van der Waals surface area contributed by atoms with Crippen LogP contribution < -0.4 is 5.32 Å². The zero-order valence-corrected chi connectivity index (χ0v) is 6.44. The van der Waals surface area contributed by atoms with Gasteiger partial charge in [0.1, 0.15) is 5.60 Å². The van der Waals surface area contributed by atoms with Gasteiger partial charge in [-0.25, -0.2) is 0 Å². The third-order valence-corrected chi connectivity index (χ3v) is 1.72. The van der Waals surface area contributed by atoms with Gasteiger partial charge < -0.3 is 10.1 Å². The van der Waals surface area contributed by atoms with Gasteiger partial charge in [-0.1, -0.05) is 0 Å². The molecule has 10 heavy (non-hydrogen) atoms. The van der Waals surface area contributed by atoms with Crippen molar-refractivity contribution in [3.8, 4) is 0 Å². The van der Waals surface area contributed by atoms with Gasteiger partial charge in [0.2, 0.25) is 0 Å². The minimum Gasteiger partial charge on any atom is -0.458 e. The highest BCUT2D eigenvalue weighted by Crippen LogP contribution is 2.18. The second-order valence-corrected chi connectivity index (χ2v) is 2.97. The fraction of sp³-hybridized carbons (Fsp3) is 0.857. The van der Waals surface area contributed by atoms with Crippen LogP contribution >= 0.6 is 0 Å². The first-order chi connectivity index (χ1) is 4.62. The van der Waals surface area contributed by atoms with E-state index in [1.165, 1.54) is 6.92 Å². The molecule has 3 nitrogen and oxygen atoms in total. The van der Waals surface area contributed by atoms with E-state index < -0.39 is 0 Å². The molecular weight excluding hydrogens is 130 g/mol. The molecule has 0 aromatic rings. The van der Waals surface area contributed by atoms with Crippen LogP contribution in [0.25, 0.3) is 0 Å². The summed E-state index contributed by atoms with van der Waals surface area (Å²) >= 11 is 0. The Morgan fingerprint density at radius 2 is 2.40 bits per heavy atom. The first-order valence-electron chi connectivity index (χ1n) is 3.53. The first-order valence-corrected chi connectivity index (χ1v) is 3.53. The standard InChI is InChI=1S/C7H13NO2/c1-6(9)10-7(2)3-4-8-5-7/h8H,3-5H2,1-2H3. The van der Waals surface area contributed by atoms with Gasteiger partial charge in [-0.05, 0) is 13.5 Å². The van der Waals surface area contributed by atoms with Crippen LogP contribution in [0.2, 0.25) is 0 Å². The number of nitrogens with one attached hydrogen (secondary N) is 1. The summed E-state index contributed by atoms with van der Waals surface area (Å²) in [6, 6.07) is 0. The van der Waals surface area contributed by atoms with Crippen LogP contribution in [-0.4, -0.2) is 24.7 Å². The lowest BCUT2D eigenvalue weighted by molar-refractivity contribution is -0.153. The van der Waals surface area contributed by atoms with E-state index in [2.05, 4.69) is 5.32 Å². The Labute approximate surface area is 60.7 Å². The highest BCUT2D eigenvalue weighted by Gasteiger charge is 2.31. The van der Waals surface area contributed by atoms with Crippen LogP contribution in [0.5, 0.6) is 0 Å². The number of hydrogen-bond donors (Lipinski definition) is 1. The third kappa shape index (κ3) is 1.70. The molecule has 1 N–H and O–H groups in total. The number of rotatable bonds is 1. The highest BCUT2D eigenvalue weighted by molar-refractivity contribution is 5.66. The molecule has 0 saturated carbocycles. The van der Waals surface area contributed by atoms with Gasteiger partial charge in [0.25, 0.3) is 0 Å². The van der Waals surface area contributed by atoms with Crippen LogP contribution in [0.15, 0.2) is 0 Å². The van der Waals surface area contributed by atoms with Crippen LogP contribution in [-0.2, 0) is 9.53 Å². The van der Waals surface area contributed by atoms with E-state index in [1.54, 1.807) is 0 Å². The van der Waals surface area contributed by atoms with Crippen molar-refractivity contribution in [2.45, 2.75) is 25.9 Å². The molecule has 1 unspecified atom stereocenters. The Balaban J connectivity index is 2.43. The van der Waals surface area contributed by atoms with E-state index in [4.69, 9.17) is 4.74 Å². The lowest BCUT2D eigenvalue weighted by Crippen LogP contribution is -2.32. The first kappa shape index (κ1) is 7.54. The summed E-state index contributed by atoms with van der Waals surface area (Å²) in [5.41, 5.74) is -0.244. The zero-order chi connectivity index (χ0) is 7.61. The molecule has 1 atom stereocenters. The van der Waals surface area contributed by atoms with Gasteiger partial charge in [0, 0.05) is 19.9 Å². The van der Waals surface area contributed by atoms with Crippen LogP contribution in [0.4, 0.5) is 0 Å². The smallest absolute Gasteiger partial charge is 0.303 e. The predicted octanol–water partition coefficient (Wildman–Crippen LogP) is 0.301. The van der Waals surface area contributed by atoms with Gasteiger partial charge in [0.05, 0.1) is 0 Å². The number of carbonyl (C=O) groups excluding carboxylic acids is 1. The second-order valence-electron chi connectivity index (χ2n) is 2.97. The van der Waals surface area contributed by atoms with Crippen molar-refractivity contribution < 1.29 is 9.53 Å². The molecule has 0 aliphatic carbocycles. The minimum absolute atomic E-state index is 0.189. The normalized spacial score (nSPS) is 32.2. The monoisotopic (exact) mass is 143 g/mol. The van der Waals surface area contributed by atoms with Crippen molar-refractivity contribution in [2.75, 3.05) is 13.1 Å². The molecule has 0 radical (unpaired) electrons. The summed E-state index contributed by atoms with van der Waals surface area (Å²) < 4.78 is 5.10. The maximum Gasteiger partial charge on any atom is 0.303 e. The van der Waals surface area contributed by atoms with E-state index in [9.17, 15) is 4.79 Å². The van der Waals surface area contributed by atoms with Crippen molar-refractivity contribution in [1.29, 1.82) is 0 Å². The maximum absolute atomic E-state index is 10.6. The fourth-order valence-electron chi connectivity index (χ4n) is 1.23. The third-order valence-electron chi connectivity index (χ3n) is 1.72. The Hall–Kier alpha value is -0.570. The van der Waals surface area contributed by atoms with Crippen molar-refractivity contribution >= 4 is 5.97 Å². The van der Waals surface area contributed by atoms with Gasteiger partial charge in [-0.2, -0.15) is 0 Å². The molecule has 0 spiro atoms. The average Bonchev–Trinajstić information content (AvgIpc) is 2.12. The molecule has 1 fully saturated rings. The molecule has 1 heterocycles. The number of carbonyl (C=O) groups is 1. The predicted molar refractivity (Wildman–Crippen MR) is 37.7 cm³/mol. The van der Waals surface area contributed by atoms with Crippen molar-refractivity contribution in [3.05, 3.63) is 0 Å². The molecule has 1 aliphatic heterocycles. The summed E-state index contributed by atoms with van der Waals surface area (Å²) in [5, 5.41) is 3.14. The Bertz CT molecular complexity index is 139. The van der Waals surface area contributed by atoms with E-state index >= 15 is 0 Å². The quantitative estimate of drug-likeness (QED) is 0.536. The Morgan fingerprint density at radius 3 is 2.80 bits per heavy atom. The van der Waals surface area contributed by atoms with E-state index in [0.717, 1.165) is 19.5 Å². The molecule has 1 aliphatic rings. The minimum atomic E-state index is -0.244. The Morgan fingerprint density at radius 1 is 1.70 bits per heavy atom. The lowest BCUT2D eigenvalue weighted by atomic mass is 10.1. The Kier molecular flexibility index (Phi) is 1.94. The van der Waals surface area contributed by atoms with E-state index in [0.29, 0.717) is 0 Å². The molecule has 0 aromatic heterocycles. The fourth-order valence-corrected chi connectivity index (χ4v) is 1.23. The maximum atomic E-state index is 10.6. The van der Waals surface area contributed by atoms with Crippen molar-refractivity contribution in [1.82, 2.24) is 5.32 Å². The number of hydrogen-bond acceptors (Lipinski definition) is 3. The summed E-state index contributed by atoms with van der Waals surface area (Å²) in [5.74, 6) is -0.189. The summed E-state index contributed by atoms with van der Waals surface area (Å²) in [4.78, 5) is 10.6. The summed E-state index contributed by atoms with van der Waals surface area (Å²) in [6.07, 6.45) is 0.923. The molecule has 1 rings (SSSR count). The van der Waals surface area contributed by atoms with Gasteiger partial charge >= 0.3 is 5.97 Å². The molecular formula is C7H13NO2. The molecule has 0 aromatic carbocycles. The molecule has 0 bridgehead atoms. The largest absolute Gasteiger partial charge is 0.458 e. The average molecular weight is 143 g/mol. The van der Waals surface area contributed by atoms with Gasteiger partial charge in [-0.3, -0.25) is 4.79 Å². The van der Waals surface area contributed by atoms with Crippen molar-refractivity contribution in [3.63, 3.8) is 0 Å². The summed E-state index contributed by atoms with van der Waals surface area (Å²) in [7, 11) is 0. The van der Waals surface area contributed by atoms with Crippen LogP contribution in [0.1, 0.15) is 20.3 Å². The topological polar surface area (TPSA) is 38.3 Å². The van der Waals surface area contributed by atoms with Crippen molar-refractivity contribution in [2.24, 2.45) is 0 Å². The molecule has 3 heteroatoms. The van der Waals surface area contributed by atoms with E-state index in [1.807, 2.05) is 6.92 Å². The SMILES string of the molecule is CC(=O)OC1(C)CCNC1. The number of ether oxygens (including phenoxy) is 1. The zero-order valence-electron chi connectivity index (χ0n) is 6.44. The molecule has 1 saturated heterocycles. The molecule has 58 valence electrons. The highest BCUT2D eigenvalue weighted by atomic mass is 16.6. The van der Waals surface area contributed by atoms with Crippen LogP contribution in [0.3, 0.4) is 0 Å². The summed E-state index contributed by atoms with van der Waals surface area (Å²) in [6.45, 7) is 5.13. The lowest BCUT2D eigenvalue weighted by Gasteiger charge is -2.21. The number of esters is 1. The van der Waals surface area contributed by atoms with Crippen LogP contribution in [0, 0.1) is 0 Å². The molecule has 0 amide bonds. The second kappa shape index (κ2) is 2.58. The van der Waals surface area contributed by atoms with Gasteiger partial charge in [0.15, 0.2) is 0 Å². The van der Waals surface area contributed by atoms with E-state index in [-0.39, 0.29) is 11.6 Å². The van der Waals surface area contributed by atoms with Gasteiger partial charge in [-0.15, -0.1) is 0 Å².